The first kappa shape index (κ1) is 12.2. The molecule has 0 saturated carbocycles. The summed E-state index contributed by atoms with van der Waals surface area (Å²) in [6.07, 6.45) is 4.61. The van der Waals surface area contributed by atoms with Gasteiger partial charge in [0.1, 0.15) is 0 Å². The van der Waals surface area contributed by atoms with E-state index in [1.54, 1.807) is 6.08 Å². The van der Waals surface area contributed by atoms with Gasteiger partial charge in [-0.2, -0.15) is 0 Å². The Kier molecular flexibility index (Phi) is 3.27. The lowest BCUT2D eigenvalue weighted by molar-refractivity contribution is -0.139. The Labute approximate surface area is 109 Å². The van der Waals surface area contributed by atoms with E-state index in [0.29, 0.717) is 5.03 Å². The normalized spacial score (nSPS) is 27.6. The van der Waals surface area contributed by atoms with Crippen molar-refractivity contribution in [1.29, 1.82) is 0 Å². The smallest absolute Gasteiger partial charge is 0.329 e. The molecule has 1 aromatic rings. The zero-order valence-corrected chi connectivity index (χ0v) is 10.3. The molecule has 0 heterocycles. The van der Waals surface area contributed by atoms with E-state index in [2.05, 4.69) is 0 Å². The standard InChI is InChI=1S/C13H10Cl2O2/c14-10-6-7-13(15,12(16)17)11(8-10)9-4-2-1-3-5-9/h1-8,11H,(H,16,17). The minimum atomic E-state index is -1.47. The van der Waals surface area contributed by atoms with Gasteiger partial charge in [-0.3, -0.25) is 0 Å². The van der Waals surface area contributed by atoms with Crippen molar-refractivity contribution in [2.24, 2.45) is 0 Å². The maximum absolute atomic E-state index is 11.3. The average Bonchev–Trinajstić information content (AvgIpc) is 2.33. The highest BCUT2D eigenvalue weighted by Gasteiger charge is 2.43. The lowest BCUT2D eigenvalue weighted by atomic mass is 9.82. The highest BCUT2D eigenvalue weighted by Crippen LogP contribution is 2.41. The molecule has 17 heavy (non-hydrogen) atoms. The molecule has 1 aromatic carbocycles. The van der Waals surface area contributed by atoms with E-state index in [9.17, 15) is 9.90 Å². The van der Waals surface area contributed by atoms with Crippen molar-refractivity contribution in [2.75, 3.05) is 0 Å². The molecule has 0 spiro atoms. The van der Waals surface area contributed by atoms with Crippen LogP contribution < -0.4 is 0 Å². The number of alkyl halides is 1. The van der Waals surface area contributed by atoms with Gasteiger partial charge in [-0.1, -0.05) is 54.1 Å². The fourth-order valence-electron chi connectivity index (χ4n) is 1.84. The maximum Gasteiger partial charge on any atom is 0.329 e. The van der Waals surface area contributed by atoms with Gasteiger partial charge < -0.3 is 5.11 Å². The maximum atomic E-state index is 11.3. The first-order valence-electron chi connectivity index (χ1n) is 5.08. The van der Waals surface area contributed by atoms with Crippen molar-refractivity contribution >= 4 is 29.2 Å². The van der Waals surface area contributed by atoms with Crippen LogP contribution in [0, 0.1) is 0 Å². The lowest BCUT2D eigenvalue weighted by Crippen LogP contribution is -2.37. The minimum Gasteiger partial charge on any atom is -0.480 e. The number of benzene rings is 1. The summed E-state index contributed by atoms with van der Waals surface area (Å²) in [5.41, 5.74) is 0.826. The molecule has 2 unspecified atom stereocenters. The van der Waals surface area contributed by atoms with E-state index in [0.717, 1.165) is 5.56 Å². The number of carboxylic acids is 1. The molecule has 0 amide bonds. The SMILES string of the molecule is O=C(O)C1(Cl)C=CC(Cl)=CC1c1ccccc1. The first-order valence-corrected chi connectivity index (χ1v) is 5.83. The molecule has 2 atom stereocenters. The van der Waals surface area contributed by atoms with Gasteiger partial charge in [-0.25, -0.2) is 4.79 Å². The van der Waals surface area contributed by atoms with Gasteiger partial charge in [0.05, 0.1) is 0 Å². The molecule has 4 heteroatoms. The molecule has 0 fully saturated rings. The van der Waals surface area contributed by atoms with Gasteiger partial charge in [0.15, 0.2) is 4.87 Å². The second-order valence-electron chi connectivity index (χ2n) is 3.85. The molecular formula is C13H10Cl2O2. The summed E-state index contributed by atoms with van der Waals surface area (Å²) in [6, 6.07) is 9.22. The fourth-order valence-corrected chi connectivity index (χ4v) is 2.29. The summed E-state index contributed by atoms with van der Waals surface area (Å²) < 4.78 is 0. The number of hydrogen-bond donors (Lipinski definition) is 1. The molecule has 2 nitrogen and oxygen atoms in total. The fraction of sp³-hybridized carbons (Fsp3) is 0.154. The van der Waals surface area contributed by atoms with Crippen molar-refractivity contribution in [2.45, 2.75) is 10.8 Å². The van der Waals surface area contributed by atoms with Crippen molar-refractivity contribution in [3.8, 4) is 0 Å². The van der Waals surface area contributed by atoms with Crippen LogP contribution in [0.15, 0.2) is 53.6 Å². The third-order valence-corrected chi connectivity index (χ3v) is 3.52. The molecule has 0 aromatic heterocycles. The number of carbonyl (C=O) groups is 1. The second kappa shape index (κ2) is 4.55. The van der Waals surface area contributed by atoms with Crippen molar-refractivity contribution in [1.82, 2.24) is 0 Å². The number of allylic oxidation sites excluding steroid dienone is 3. The van der Waals surface area contributed by atoms with E-state index >= 15 is 0 Å². The summed E-state index contributed by atoms with van der Waals surface area (Å²) in [6.45, 7) is 0. The molecule has 88 valence electrons. The number of aliphatic carboxylic acids is 1. The van der Waals surface area contributed by atoms with Crippen LogP contribution in [-0.2, 0) is 4.79 Å². The summed E-state index contributed by atoms with van der Waals surface area (Å²) in [5, 5.41) is 9.76. The third kappa shape index (κ3) is 2.24. The summed E-state index contributed by atoms with van der Waals surface area (Å²) >= 11 is 12.1. The zero-order valence-electron chi connectivity index (χ0n) is 8.81. The van der Waals surface area contributed by atoms with Crippen molar-refractivity contribution < 1.29 is 9.90 Å². The van der Waals surface area contributed by atoms with E-state index < -0.39 is 16.8 Å². The van der Waals surface area contributed by atoms with Crippen molar-refractivity contribution in [3.63, 3.8) is 0 Å². The highest BCUT2D eigenvalue weighted by atomic mass is 35.5. The van der Waals surface area contributed by atoms with Crippen LogP contribution >= 0.6 is 23.2 Å². The Bertz CT molecular complexity index is 493. The Balaban J connectivity index is 2.49. The molecule has 1 aliphatic carbocycles. The molecule has 0 bridgehead atoms. The molecule has 0 saturated heterocycles. The van der Waals surface area contributed by atoms with Crippen molar-refractivity contribution in [3.05, 3.63) is 59.2 Å². The van der Waals surface area contributed by atoms with Crippen LogP contribution in [0.25, 0.3) is 0 Å². The van der Waals surface area contributed by atoms with E-state index in [1.165, 1.54) is 12.2 Å². The van der Waals surface area contributed by atoms with Crippen LogP contribution in [0.2, 0.25) is 0 Å². The highest BCUT2D eigenvalue weighted by molar-refractivity contribution is 6.37. The molecule has 0 radical (unpaired) electrons. The lowest BCUT2D eigenvalue weighted by Gasteiger charge is -2.29. The topological polar surface area (TPSA) is 37.3 Å². The number of carboxylic acid groups (broad SMARTS) is 1. The molecular weight excluding hydrogens is 259 g/mol. The van der Waals surface area contributed by atoms with Crippen LogP contribution in [-0.4, -0.2) is 16.0 Å². The van der Waals surface area contributed by atoms with Gasteiger partial charge in [0.25, 0.3) is 0 Å². The van der Waals surface area contributed by atoms with Gasteiger partial charge in [-0.15, -0.1) is 11.6 Å². The van der Waals surface area contributed by atoms with Crippen LogP contribution in [0.1, 0.15) is 11.5 Å². The predicted molar refractivity (Wildman–Crippen MR) is 68.5 cm³/mol. The molecule has 1 aliphatic rings. The summed E-state index contributed by atoms with van der Waals surface area (Å²) in [4.78, 5) is 9.84. The molecule has 2 rings (SSSR count). The number of rotatable bonds is 2. The van der Waals surface area contributed by atoms with Gasteiger partial charge in [0.2, 0.25) is 0 Å². The molecule has 0 aliphatic heterocycles. The van der Waals surface area contributed by atoms with Crippen LogP contribution in [0.5, 0.6) is 0 Å². The number of hydrogen-bond acceptors (Lipinski definition) is 1. The quantitative estimate of drug-likeness (QED) is 0.834. The van der Waals surface area contributed by atoms with E-state index in [-0.39, 0.29) is 0 Å². The van der Waals surface area contributed by atoms with Crippen LogP contribution in [0.3, 0.4) is 0 Å². The number of halogens is 2. The summed E-state index contributed by atoms with van der Waals surface area (Å²) in [7, 11) is 0. The zero-order chi connectivity index (χ0) is 12.5. The second-order valence-corrected chi connectivity index (χ2v) is 4.91. The van der Waals surface area contributed by atoms with E-state index in [1.807, 2.05) is 30.3 Å². The minimum absolute atomic E-state index is 0.472. The van der Waals surface area contributed by atoms with Gasteiger partial charge in [-0.05, 0) is 11.6 Å². The third-order valence-electron chi connectivity index (χ3n) is 2.75. The average molecular weight is 269 g/mol. The largest absolute Gasteiger partial charge is 0.480 e. The Hall–Kier alpha value is -1.25. The van der Waals surface area contributed by atoms with Gasteiger partial charge >= 0.3 is 5.97 Å². The summed E-state index contributed by atoms with van der Waals surface area (Å²) in [5.74, 6) is -1.55. The molecule has 1 N–H and O–H groups in total. The Morgan fingerprint density at radius 1 is 1.29 bits per heavy atom. The first-order chi connectivity index (χ1) is 8.04. The Morgan fingerprint density at radius 3 is 2.53 bits per heavy atom. The predicted octanol–water partition coefficient (Wildman–Crippen LogP) is 3.52. The Morgan fingerprint density at radius 2 is 1.94 bits per heavy atom. The van der Waals surface area contributed by atoms with Gasteiger partial charge in [0, 0.05) is 11.0 Å². The van der Waals surface area contributed by atoms with E-state index in [4.69, 9.17) is 23.2 Å². The van der Waals surface area contributed by atoms with Crippen LogP contribution in [0.4, 0.5) is 0 Å². The monoisotopic (exact) mass is 268 g/mol.